The van der Waals surface area contributed by atoms with E-state index >= 15 is 0 Å². The fourth-order valence-electron chi connectivity index (χ4n) is 1.95. The van der Waals surface area contributed by atoms with E-state index in [-0.39, 0.29) is 5.91 Å². The number of ether oxygens (including phenoxy) is 1. The van der Waals surface area contributed by atoms with Gasteiger partial charge in [-0.3, -0.25) is 9.48 Å². The van der Waals surface area contributed by atoms with Crippen molar-refractivity contribution >= 4 is 22.9 Å². The van der Waals surface area contributed by atoms with Gasteiger partial charge in [0.1, 0.15) is 6.04 Å². The summed E-state index contributed by atoms with van der Waals surface area (Å²) < 4.78 is 6.21. The van der Waals surface area contributed by atoms with Gasteiger partial charge in [-0.05, 0) is 19.9 Å². The lowest BCUT2D eigenvalue weighted by atomic mass is 10.2. The van der Waals surface area contributed by atoms with E-state index in [0.29, 0.717) is 11.2 Å². The van der Waals surface area contributed by atoms with Crippen LogP contribution in [-0.4, -0.2) is 39.8 Å². The highest BCUT2D eigenvalue weighted by Crippen LogP contribution is 2.16. The maximum Gasteiger partial charge on any atom is 0.328 e. The van der Waals surface area contributed by atoms with Crippen LogP contribution in [0.3, 0.4) is 0 Å². The Morgan fingerprint density at radius 1 is 1.45 bits per heavy atom. The molecule has 1 amide bonds. The monoisotopic (exact) mass is 276 g/mol. The summed E-state index contributed by atoms with van der Waals surface area (Å²) in [6.45, 7) is 3.41. The molecule has 0 spiro atoms. The van der Waals surface area contributed by atoms with Gasteiger partial charge >= 0.3 is 5.97 Å². The number of hydrogen-bond acceptors (Lipinski definition) is 5. The van der Waals surface area contributed by atoms with E-state index < -0.39 is 12.0 Å². The number of amides is 1. The molecule has 0 aliphatic rings. The van der Waals surface area contributed by atoms with E-state index in [0.717, 1.165) is 11.1 Å². The number of nitrogens with zero attached hydrogens (tertiary/aromatic N) is 3. The quantitative estimate of drug-likeness (QED) is 0.828. The molecule has 20 heavy (non-hydrogen) atoms. The third-order valence-corrected chi connectivity index (χ3v) is 3.03. The van der Waals surface area contributed by atoms with Gasteiger partial charge in [-0.15, -0.1) is 0 Å². The molecule has 106 valence electrons. The van der Waals surface area contributed by atoms with Gasteiger partial charge in [0.15, 0.2) is 5.65 Å². The fraction of sp³-hybridized carbons (Fsp3) is 0.385. The smallest absolute Gasteiger partial charge is 0.328 e. The fourth-order valence-corrected chi connectivity index (χ4v) is 1.95. The Bertz CT molecular complexity index is 678. The topological polar surface area (TPSA) is 86.1 Å². The summed E-state index contributed by atoms with van der Waals surface area (Å²) in [5, 5.41) is 7.61. The number of aromatic nitrogens is 3. The van der Waals surface area contributed by atoms with Crippen molar-refractivity contribution in [2.75, 3.05) is 7.11 Å². The van der Waals surface area contributed by atoms with Crippen LogP contribution in [0.1, 0.15) is 23.0 Å². The molecule has 2 aromatic rings. The Kier molecular flexibility index (Phi) is 3.69. The average molecular weight is 276 g/mol. The normalized spacial score (nSPS) is 12.2. The van der Waals surface area contributed by atoms with E-state index in [1.165, 1.54) is 13.3 Å². The first-order valence-electron chi connectivity index (χ1n) is 6.12. The molecule has 7 nitrogen and oxygen atoms in total. The highest BCUT2D eigenvalue weighted by molar-refractivity contribution is 5.99. The van der Waals surface area contributed by atoms with Crippen molar-refractivity contribution in [1.82, 2.24) is 20.1 Å². The van der Waals surface area contributed by atoms with E-state index in [2.05, 4.69) is 20.1 Å². The predicted octanol–water partition coefficient (Wildman–Crippen LogP) is 0.568. The van der Waals surface area contributed by atoms with Crippen molar-refractivity contribution in [3.05, 3.63) is 23.5 Å². The van der Waals surface area contributed by atoms with Crippen molar-refractivity contribution in [2.24, 2.45) is 7.05 Å². The molecule has 7 heteroatoms. The first kappa shape index (κ1) is 14.0. The van der Waals surface area contributed by atoms with Crippen molar-refractivity contribution in [3.63, 3.8) is 0 Å². The van der Waals surface area contributed by atoms with Crippen LogP contribution in [0.2, 0.25) is 0 Å². The number of fused-ring (bicyclic) bond motifs is 1. The minimum atomic E-state index is -0.710. The molecular weight excluding hydrogens is 260 g/mol. The minimum absolute atomic E-state index is 0.374. The molecule has 2 heterocycles. The first-order valence-corrected chi connectivity index (χ1v) is 6.12. The molecule has 0 aliphatic heterocycles. The van der Waals surface area contributed by atoms with Crippen LogP contribution in [0.5, 0.6) is 0 Å². The number of aryl methyl sites for hydroxylation is 2. The number of carbonyl (C=O) groups is 2. The molecule has 1 N–H and O–H groups in total. The summed E-state index contributed by atoms with van der Waals surface area (Å²) in [6.07, 6.45) is 1.46. The van der Waals surface area contributed by atoms with Crippen LogP contribution in [0.4, 0.5) is 0 Å². The van der Waals surface area contributed by atoms with Gasteiger partial charge in [-0.1, -0.05) is 0 Å². The number of rotatable bonds is 3. The summed E-state index contributed by atoms with van der Waals surface area (Å²) in [6, 6.07) is 1.00. The number of hydrogen-bond donors (Lipinski definition) is 1. The van der Waals surface area contributed by atoms with Crippen LogP contribution in [0.15, 0.2) is 12.3 Å². The second-order valence-corrected chi connectivity index (χ2v) is 4.52. The molecule has 0 radical (unpaired) electrons. The van der Waals surface area contributed by atoms with E-state index in [1.54, 1.807) is 24.7 Å². The zero-order chi connectivity index (χ0) is 14.9. The van der Waals surface area contributed by atoms with E-state index in [4.69, 9.17) is 0 Å². The summed E-state index contributed by atoms with van der Waals surface area (Å²) >= 11 is 0. The summed E-state index contributed by atoms with van der Waals surface area (Å²) in [5.41, 5.74) is 1.88. The Labute approximate surface area is 115 Å². The SMILES string of the molecule is COC(=O)C(C)NC(=O)c1cnc2c(c1)c(C)nn2C. The average Bonchev–Trinajstić information content (AvgIpc) is 2.72. The number of pyridine rings is 1. The van der Waals surface area contributed by atoms with Crippen LogP contribution in [0, 0.1) is 6.92 Å². The maximum atomic E-state index is 12.1. The zero-order valence-electron chi connectivity index (χ0n) is 11.8. The highest BCUT2D eigenvalue weighted by atomic mass is 16.5. The third-order valence-electron chi connectivity index (χ3n) is 3.03. The van der Waals surface area contributed by atoms with E-state index in [1.807, 2.05) is 6.92 Å². The standard InChI is InChI=1S/C13H16N4O3/c1-7-10-5-9(6-14-11(10)17(3)16-7)12(18)15-8(2)13(19)20-4/h5-6,8H,1-4H3,(H,15,18). The van der Waals surface area contributed by atoms with Crippen molar-refractivity contribution in [1.29, 1.82) is 0 Å². The largest absolute Gasteiger partial charge is 0.467 e. The molecule has 0 saturated carbocycles. The van der Waals surface area contributed by atoms with Gasteiger partial charge in [0.2, 0.25) is 0 Å². The Morgan fingerprint density at radius 3 is 2.80 bits per heavy atom. The number of methoxy groups -OCH3 is 1. The summed E-state index contributed by atoms with van der Waals surface area (Å²) in [5.74, 6) is -0.870. The zero-order valence-corrected chi connectivity index (χ0v) is 11.8. The first-order chi connectivity index (χ1) is 9.43. The van der Waals surface area contributed by atoms with Crippen molar-refractivity contribution in [2.45, 2.75) is 19.9 Å². The van der Waals surface area contributed by atoms with Crippen LogP contribution in [-0.2, 0) is 16.6 Å². The second-order valence-electron chi connectivity index (χ2n) is 4.52. The predicted molar refractivity (Wildman–Crippen MR) is 72.2 cm³/mol. The Morgan fingerprint density at radius 2 is 2.15 bits per heavy atom. The van der Waals surface area contributed by atoms with Gasteiger partial charge < -0.3 is 10.1 Å². The molecule has 0 fully saturated rings. The van der Waals surface area contributed by atoms with Gasteiger partial charge in [0, 0.05) is 18.6 Å². The number of nitrogens with one attached hydrogen (secondary N) is 1. The second kappa shape index (κ2) is 5.28. The number of esters is 1. The molecule has 0 aromatic carbocycles. The molecule has 0 saturated heterocycles. The third kappa shape index (κ3) is 2.47. The lowest BCUT2D eigenvalue weighted by Crippen LogP contribution is -2.39. The lowest BCUT2D eigenvalue weighted by Gasteiger charge is -2.11. The summed E-state index contributed by atoms with van der Waals surface area (Å²) in [4.78, 5) is 27.6. The van der Waals surface area contributed by atoms with Crippen LogP contribution >= 0.6 is 0 Å². The summed E-state index contributed by atoms with van der Waals surface area (Å²) in [7, 11) is 3.07. The Balaban J connectivity index is 2.27. The van der Waals surface area contributed by atoms with Crippen LogP contribution < -0.4 is 5.32 Å². The van der Waals surface area contributed by atoms with Crippen molar-refractivity contribution in [3.8, 4) is 0 Å². The molecule has 1 unspecified atom stereocenters. The molecule has 2 rings (SSSR count). The van der Waals surface area contributed by atoms with E-state index in [9.17, 15) is 9.59 Å². The lowest BCUT2D eigenvalue weighted by molar-refractivity contribution is -0.142. The molecule has 1 atom stereocenters. The van der Waals surface area contributed by atoms with Crippen LogP contribution in [0.25, 0.3) is 11.0 Å². The van der Waals surface area contributed by atoms with Crippen molar-refractivity contribution < 1.29 is 14.3 Å². The number of carbonyl (C=O) groups excluding carboxylic acids is 2. The molecular formula is C13H16N4O3. The molecule has 0 aliphatic carbocycles. The van der Waals surface area contributed by atoms with Gasteiger partial charge in [0.05, 0.1) is 18.4 Å². The van der Waals surface area contributed by atoms with Gasteiger partial charge in [-0.2, -0.15) is 5.10 Å². The Hall–Kier alpha value is -2.44. The maximum absolute atomic E-state index is 12.1. The highest BCUT2D eigenvalue weighted by Gasteiger charge is 2.18. The minimum Gasteiger partial charge on any atom is -0.467 e. The molecule has 0 bridgehead atoms. The van der Waals surface area contributed by atoms with Gasteiger partial charge in [0.25, 0.3) is 5.91 Å². The van der Waals surface area contributed by atoms with Gasteiger partial charge in [-0.25, -0.2) is 9.78 Å². The molecule has 2 aromatic heterocycles.